The predicted octanol–water partition coefficient (Wildman–Crippen LogP) is 3.10. The quantitative estimate of drug-likeness (QED) is 0.389. The van der Waals surface area contributed by atoms with Crippen molar-refractivity contribution in [2.24, 2.45) is 4.99 Å². The van der Waals surface area contributed by atoms with E-state index in [1.165, 1.54) is 12.3 Å². The Morgan fingerprint density at radius 2 is 1.90 bits per heavy atom. The van der Waals surface area contributed by atoms with Crippen LogP contribution in [0.3, 0.4) is 0 Å². The molecule has 1 aliphatic carbocycles. The maximum atomic E-state index is 13.6. The number of aliphatic imine (C=N–C) groups is 1. The van der Waals surface area contributed by atoms with Crippen LogP contribution in [0.15, 0.2) is 52.1 Å². The molecule has 0 spiro atoms. The molecule has 1 aromatic carbocycles. The summed E-state index contributed by atoms with van der Waals surface area (Å²) in [7, 11) is 1.77. The van der Waals surface area contributed by atoms with E-state index in [1.807, 2.05) is 6.07 Å². The van der Waals surface area contributed by atoms with Crippen LogP contribution in [-0.4, -0.2) is 61.4 Å². The lowest BCUT2D eigenvalue weighted by Crippen LogP contribution is -2.54. The normalized spacial score (nSPS) is 18.2. The molecule has 2 fully saturated rings. The summed E-state index contributed by atoms with van der Waals surface area (Å²) in [5, 5.41) is 3.46. The van der Waals surface area contributed by atoms with Gasteiger partial charge in [-0.3, -0.25) is 9.79 Å². The van der Waals surface area contributed by atoms with E-state index in [0.717, 1.165) is 30.9 Å². The Morgan fingerprint density at radius 1 is 1.17 bits per heavy atom. The highest BCUT2D eigenvalue weighted by Crippen LogP contribution is 2.47. The molecule has 156 valence electrons. The maximum Gasteiger partial charge on any atom is 0.289 e. The highest BCUT2D eigenvalue weighted by Gasteiger charge is 2.44. The fourth-order valence-corrected chi connectivity index (χ4v) is 3.79. The van der Waals surface area contributed by atoms with Gasteiger partial charge in [-0.2, -0.15) is 0 Å². The SMILES string of the molecule is CN=C(NCC1(c2cccc(F)c2)CC1)N1CCN(C(=O)c2ccco2)CC1.I. The minimum Gasteiger partial charge on any atom is -0.459 e. The van der Waals surface area contributed by atoms with Gasteiger partial charge in [0.05, 0.1) is 6.26 Å². The van der Waals surface area contributed by atoms with Crippen LogP contribution in [0.2, 0.25) is 0 Å². The number of nitrogens with zero attached hydrogens (tertiary/aromatic N) is 3. The molecule has 6 nitrogen and oxygen atoms in total. The molecule has 1 N–H and O–H groups in total. The number of amides is 1. The van der Waals surface area contributed by atoms with Crippen molar-refractivity contribution >= 4 is 35.8 Å². The van der Waals surface area contributed by atoms with Crippen LogP contribution in [0.5, 0.6) is 0 Å². The number of furan rings is 1. The molecule has 1 aromatic heterocycles. The van der Waals surface area contributed by atoms with Crippen molar-refractivity contribution in [3.63, 3.8) is 0 Å². The molecule has 0 radical (unpaired) electrons. The van der Waals surface area contributed by atoms with Crippen LogP contribution >= 0.6 is 24.0 Å². The minimum absolute atomic E-state index is 0. The molecule has 4 rings (SSSR count). The van der Waals surface area contributed by atoms with Gasteiger partial charge >= 0.3 is 0 Å². The molecule has 1 saturated heterocycles. The van der Waals surface area contributed by atoms with Crippen molar-refractivity contribution < 1.29 is 13.6 Å². The van der Waals surface area contributed by atoms with Crippen molar-refractivity contribution in [1.82, 2.24) is 15.1 Å². The monoisotopic (exact) mass is 512 g/mol. The zero-order valence-electron chi connectivity index (χ0n) is 16.4. The second-order valence-electron chi connectivity index (χ2n) is 7.45. The number of nitrogens with one attached hydrogen (secondary N) is 1. The first kappa shape index (κ1) is 21.6. The van der Waals surface area contributed by atoms with Crippen LogP contribution in [0.1, 0.15) is 29.0 Å². The van der Waals surface area contributed by atoms with Crippen LogP contribution in [-0.2, 0) is 5.41 Å². The molecule has 2 heterocycles. The molecule has 1 saturated carbocycles. The Morgan fingerprint density at radius 3 is 2.48 bits per heavy atom. The Labute approximate surface area is 187 Å². The summed E-state index contributed by atoms with van der Waals surface area (Å²) in [5.74, 6) is 0.940. The fraction of sp³-hybridized carbons (Fsp3) is 0.429. The smallest absolute Gasteiger partial charge is 0.289 e. The first-order valence-electron chi connectivity index (χ1n) is 9.66. The number of hydrogen-bond donors (Lipinski definition) is 1. The first-order chi connectivity index (χ1) is 13.6. The van der Waals surface area contributed by atoms with Gasteiger partial charge in [0.25, 0.3) is 5.91 Å². The summed E-state index contributed by atoms with van der Waals surface area (Å²) in [4.78, 5) is 20.8. The average molecular weight is 512 g/mol. The lowest BCUT2D eigenvalue weighted by Gasteiger charge is -2.36. The highest BCUT2D eigenvalue weighted by atomic mass is 127. The number of carbonyl (C=O) groups excluding carboxylic acids is 1. The predicted molar refractivity (Wildman–Crippen MR) is 120 cm³/mol. The van der Waals surface area contributed by atoms with Gasteiger partial charge in [0.2, 0.25) is 0 Å². The molecule has 2 aromatic rings. The summed E-state index contributed by atoms with van der Waals surface area (Å²) >= 11 is 0. The third-order valence-electron chi connectivity index (χ3n) is 5.69. The molecule has 0 unspecified atom stereocenters. The lowest BCUT2D eigenvalue weighted by atomic mass is 9.96. The highest BCUT2D eigenvalue weighted by molar-refractivity contribution is 14.0. The van der Waals surface area contributed by atoms with Crippen LogP contribution in [0, 0.1) is 5.82 Å². The van der Waals surface area contributed by atoms with Crippen LogP contribution in [0.4, 0.5) is 4.39 Å². The van der Waals surface area contributed by atoms with E-state index in [2.05, 4.69) is 15.2 Å². The zero-order valence-corrected chi connectivity index (χ0v) is 18.8. The molecule has 8 heteroatoms. The van der Waals surface area contributed by atoms with Gasteiger partial charge in [0, 0.05) is 45.2 Å². The molecule has 0 bridgehead atoms. The van der Waals surface area contributed by atoms with E-state index in [-0.39, 0.29) is 41.1 Å². The number of piperazine rings is 1. The van der Waals surface area contributed by atoms with Gasteiger partial charge in [0.15, 0.2) is 11.7 Å². The number of carbonyl (C=O) groups is 1. The third-order valence-corrected chi connectivity index (χ3v) is 5.69. The summed E-state index contributed by atoms with van der Waals surface area (Å²) in [5.41, 5.74) is 1.04. The first-order valence-corrected chi connectivity index (χ1v) is 9.66. The molecule has 1 amide bonds. The van der Waals surface area contributed by atoms with Crippen molar-refractivity contribution in [2.75, 3.05) is 39.8 Å². The summed E-state index contributed by atoms with van der Waals surface area (Å²) < 4.78 is 18.8. The number of benzene rings is 1. The van der Waals surface area contributed by atoms with Gasteiger partial charge in [-0.1, -0.05) is 12.1 Å². The Kier molecular flexibility index (Phi) is 6.81. The van der Waals surface area contributed by atoms with Crippen molar-refractivity contribution in [1.29, 1.82) is 0 Å². The van der Waals surface area contributed by atoms with E-state index < -0.39 is 0 Å². The molecular weight excluding hydrogens is 486 g/mol. The maximum absolute atomic E-state index is 13.6. The van der Waals surface area contributed by atoms with Crippen molar-refractivity contribution in [3.05, 3.63) is 59.8 Å². The standard InChI is InChI=1S/C21H25FN4O2.HI/c1-23-20(24-15-21(7-8-21)16-4-2-5-17(22)14-16)26-11-9-25(10-12-26)19(27)18-6-3-13-28-18;/h2-6,13-14H,7-12,15H2,1H3,(H,23,24);1H. The minimum atomic E-state index is -0.189. The Bertz CT molecular complexity index is 859. The third kappa shape index (κ3) is 4.73. The van der Waals surface area contributed by atoms with E-state index >= 15 is 0 Å². The van der Waals surface area contributed by atoms with Crippen LogP contribution < -0.4 is 5.32 Å². The van der Waals surface area contributed by atoms with Gasteiger partial charge in [-0.25, -0.2) is 4.39 Å². The second-order valence-corrected chi connectivity index (χ2v) is 7.45. The second kappa shape index (κ2) is 9.15. The average Bonchev–Trinajstić information content (AvgIpc) is 3.31. The summed E-state index contributed by atoms with van der Waals surface area (Å²) in [6.45, 7) is 3.39. The fourth-order valence-electron chi connectivity index (χ4n) is 3.79. The van der Waals surface area contributed by atoms with Gasteiger partial charge in [-0.05, 0) is 42.7 Å². The zero-order chi connectivity index (χ0) is 19.6. The Balaban J connectivity index is 0.00000240. The Hall–Kier alpha value is -2.10. The molecule has 1 aliphatic heterocycles. The molecular formula is C21H26FIN4O2. The van der Waals surface area contributed by atoms with E-state index in [1.54, 1.807) is 36.2 Å². The topological polar surface area (TPSA) is 61.1 Å². The van der Waals surface area contributed by atoms with Gasteiger partial charge in [0.1, 0.15) is 5.82 Å². The molecule has 2 aliphatic rings. The molecule has 0 atom stereocenters. The number of halogens is 2. The van der Waals surface area contributed by atoms with E-state index in [4.69, 9.17) is 4.42 Å². The lowest BCUT2D eigenvalue weighted by molar-refractivity contribution is 0.0657. The van der Waals surface area contributed by atoms with Gasteiger partial charge in [-0.15, -0.1) is 24.0 Å². The van der Waals surface area contributed by atoms with E-state index in [9.17, 15) is 9.18 Å². The van der Waals surface area contributed by atoms with Gasteiger partial charge < -0.3 is 19.5 Å². The van der Waals surface area contributed by atoms with Crippen LogP contribution in [0.25, 0.3) is 0 Å². The summed E-state index contributed by atoms with van der Waals surface area (Å²) in [6, 6.07) is 10.3. The number of rotatable bonds is 4. The van der Waals surface area contributed by atoms with Crippen molar-refractivity contribution in [2.45, 2.75) is 18.3 Å². The van der Waals surface area contributed by atoms with E-state index in [0.29, 0.717) is 31.9 Å². The summed E-state index contributed by atoms with van der Waals surface area (Å²) in [6.07, 6.45) is 3.61. The number of hydrogen-bond acceptors (Lipinski definition) is 3. The molecule has 29 heavy (non-hydrogen) atoms. The number of guanidine groups is 1. The largest absolute Gasteiger partial charge is 0.459 e. The van der Waals surface area contributed by atoms with Crippen molar-refractivity contribution in [3.8, 4) is 0 Å².